The van der Waals surface area contributed by atoms with E-state index in [9.17, 15) is 0 Å². The van der Waals surface area contributed by atoms with E-state index < -0.39 is 0 Å². The van der Waals surface area contributed by atoms with Gasteiger partial charge in [-0.1, -0.05) is 20.3 Å². The van der Waals surface area contributed by atoms with Crippen molar-refractivity contribution < 1.29 is 0 Å². The van der Waals surface area contributed by atoms with E-state index in [0.717, 1.165) is 25.8 Å². The van der Waals surface area contributed by atoms with Gasteiger partial charge in [-0.15, -0.1) is 0 Å². The Morgan fingerprint density at radius 1 is 1.45 bits per heavy atom. The minimum absolute atomic E-state index is 0.872. The lowest BCUT2D eigenvalue weighted by Gasteiger charge is -2.09. The molecule has 0 heterocycles. The first-order valence-electron chi connectivity index (χ1n) is 4.11. The van der Waals surface area contributed by atoms with Gasteiger partial charge in [-0.2, -0.15) is 15.3 Å². The SMILES string of the molecule is C=NN(CCCC)/N=C\CC. The normalized spacial score (nSPS) is 10.4. The largest absolute Gasteiger partial charge is 0.186 e. The van der Waals surface area contributed by atoms with Crippen molar-refractivity contribution in [3.8, 4) is 0 Å². The molecule has 3 heteroatoms. The van der Waals surface area contributed by atoms with Crippen LogP contribution in [-0.4, -0.2) is 24.6 Å². The second-order valence-electron chi connectivity index (χ2n) is 2.30. The van der Waals surface area contributed by atoms with Crippen LogP contribution in [0.2, 0.25) is 0 Å². The fraction of sp³-hybridized carbons (Fsp3) is 0.750. The zero-order valence-electron chi connectivity index (χ0n) is 7.45. The average molecular weight is 155 g/mol. The fourth-order valence-corrected chi connectivity index (χ4v) is 0.640. The van der Waals surface area contributed by atoms with E-state index in [1.54, 1.807) is 5.12 Å². The predicted molar refractivity (Wildman–Crippen MR) is 49.9 cm³/mol. The van der Waals surface area contributed by atoms with Gasteiger partial charge in [0, 0.05) is 12.9 Å². The Labute approximate surface area is 68.8 Å². The highest BCUT2D eigenvalue weighted by molar-refractivity contribution is 5.56. The second kappa shape index (κ2) is 7.25. The molecule has 0 amide bonds. The van der Waals surface area contributed by atoms with Gasteiger partial charge in [0.15, 0.2) is 0 Å². The molecule has 0 aromatic heterocycles. The predicted octanol–water partition coefficient (Wildman–Crippen LogP) is 2.10. The Bertz CT molecular complexity index is 121. The van der Waals surface area contributed by atoms with E-state index in [0.29, 0.717) is 0 Å². The van der Waals surface area contributed by atoms with E-state index in [1.165, 1.54) is 0 Å². The lowest BCUT2D eigenvalue weighted by Crippen LogP contribution is -2.10. The van der Waals surface area contributed by atoms with Crippen LogP contribution in [-0.2, 0) is 0 Å². The van der Waals surface area contributed by atoms with Gasteiger partial charge in [-0.3, -0.25) is 0 Å². The van der Waals surface area contributed by atoms with Gasteiger partial charge in [-0.25, -0.2) is 0 Å². The minimum Gasteiger partial charge on any atom is -0.186 e. The summed E-state index contributed by atoms with van der Waals surface area (Å²) < 4.78 is 0. The number of nitrogens with zero attached hydrogens (tertiary/aromatic N) is 3. The topological polar surface area (TPSA) is 28.0 Å². The molecule has 0 saturated heterocycles. The van der Waals surface area contributed by atoms with Crippen molar-refractivity contribution in [1.82, 2.24) is 5.12 Å². The molecule has 0 aliphatic rings. The van der Waals surface area contributed by atoms with Gasteiger partial charge in [0.25, 0.3) is 0 Å². The standard InChI is InChI=1S/C8H17N3/c1-4-6-8-11(9-3)10-7-5-2/h7H,3-6,8H2,1-2H3/b10-7-. The van der Waals surface area contributed by atoms with Crippen LogP contribution in [0.25, 0.3) is 0 Å². The van der Waals surface area contributed by atoms with Crippen LogP contribution in [0, 0.1) is 0 Å². The van der Waals surface area contributed by atoms with Crippen LogP contribution in [0.4, 0.5) is 0 Å². The van der Waals surface area contributed by atoms with Crippen molar-refractivity contribution in [2.45, 2.75) is 33.1 Å². The van der Waals surface area contributed by atoms with Crippen molar-refractivity contribution in [1.29, 1.82) is 0 Å². The fourth-order valence-electron chi connectivity index (χ4n) is 0.640. The van der Waals surface area contributed by atoms with E-state index in [4.69, 9.17) is 0 Å². The molecule has 0 aliphatic carbocycles. The van der Waals surface area contributed by atoms with E-state index in [-0.39, 0.29) is 0 Å². The second-order valence-corrected chi connectivity index (χ2v) is 2.30. The summed E-state index contributed by atoms with van der Waals surface area (Å²) in [6.45, 7) is 8.49. The number of unbranched alkanes of at least 4 members (excludes halogenated alkanes) is 1. The van der Waals surface area contributed by atoms with Crippen molar-refractivity contribution >= 4 is 12.9 Å². The lowest BCUT2D eigenvalue weighted by molar-refractivity contribution is 0.302. The van der Waals surface area contributed by atoms with Gasteiger partial charge in [-0.05, 0) is 12.8 Å². The van der Waals surface area contributed by atoms with Gasteiger partial charge >= 0.3 is 0 Å². The zero-order chi connectivity index (χ0) is 8.53. The van der Waals surface area contributed by atoms with Crippen LogP contribution < -0.4 is 0 Å². The molecule has 0 aliphatic heterocycles. The molecule has 64 valence electrons. The molecular formula is C8H17N3. The zero-order valence-corrected chi connectivity index (χ0v) is 7.45. The molecule has 0 bridgehead atoms. The third kappa shape index (κ3) is 5.58. The molecule has 0 atom stereocenters. The Balaban J connectivity index is 3.57. The highest BCUT2D eigenvalue weighted by Gasteiger charge is 1.92. The molecule has 0 fully saturated rings. The molecule has 0 rings (SSSR count). The molecule has 0 radical (unpaired) electrons. The van der Waals surface area contributed by atoms with Crippen molar-refractivity contribution in [3.05, 3.63) is 0 Å². The minimum atomic E-state index is 0.872. The van der Waals surface area contributed by atoms with E-state index in [2.05, 4.69) is 23.8 Å². The molecule has 0 unspecified atom stereocenters. The van der Waals surface area contributed by atoms with Crippen LogP contribution in [0.5, 0.6) is 0 Å². The highest BCUT2D eigenvalue weighted by atomic mass is 15.6. The number of rotatable bonds is 6. The molecule has 0 aromatic carbocycles. The summed E-state index contributed by atoms with van der Waals surface area (Å²) in [4.78, 5) is 0. The van der Waals surface area contributed by atoms with Crippen LogP contribution in [0.1, 0.15) is 33.1 Å². The third-order valence-electron chi connectivity index (χ3n) is 1.27. The maximum atomic E-state index is 4.08. The Morgan fingerprint density at radius 2 is 2.18 bits per heavy atom. The lowest BCUT2D eigenvalue weighted by atomic mass is 10.3. The maximum Gasteiger partial charge on any atom is 0.0606 e. The van der Waals surface area contributed by atoms with Crippen molar-refractivity contribution in [2.75, 3.05) is 6.54 Å². The molecule has 0 aromatic rings. The van der Waals surface area contributed by atoms with Crippen molar-refractivity contribution in [3.63, 3.8) is 0 Å². The summed E-state index contributed by atoms with van der Waals surface area (Å²) in [5, 5.41) is 9.46. The molecule has 0 N–H and O–H groups in total. The smallest absolute Gasteiger partial charge is 0.0606 e. The van der Waals surface area contributed by atoms with Gasteiger partial charge in [0.1, 0.15) is 0 Å². The van der Waals surface area contributed by atoms with E-state index in [1.807, 2.05) is 13.1 Å². The molecular weight excluding hydrogens is 138 g/mol. The summed E-state index contributed by atoms with van der Waals surface area (Å²) in [5.74, 6) is 0. The van der Waals surface area contributed by atoms with Crippen LogP contribution in [0.15, 0.2) is 10.2 Å². The summed E-state index contributed by atoms with van der Waals surface area (Å²) in [6.07, 6.45) is 5.05. The number of hydrogen-bond donors (Lipinski definition) is 0. The van der Waals surface area contributed by atoms with Crippen molar-refractivity contribution in [2.24, 2.45) is 10.2 Å². The first kappa shape index (κ1) is 10.1. The molecule has 3 nitrogen and oxygen atoms in total. The number of hydrogen-bond acceptors (Lipinski definition) is 3. The first-order valence-corrected chi connectivity index (χ1v) is 4.11. The van der Waals surface area contributed by atoms with Gasteiger partial charge in [0.05, 0.1) is 6.54 Å². The Hall–Kier alpha value is -0.860. The van der Waals surface area contributed by atoms with Gasteiger partial charge < -0.3 is 0 Å². The summed E-state index contributed by atoms with van der Waals surface area (Å²) in [6, 6.07) is 0. The van der Waals surface area contributed by atoms with Crippen LogP contribution in [0.3, 0.4) is 0 Å². The van der Waals surface area contributed by atoms with Gasteiger partial charge in [0.2, 0.25) is 0 Å². The first-order chi connectivity index (χ1) is 5.35. The molecule has 11 heavy (non-hydrogen) atoms. The molecule has 0 spiro atoms. The van der Waals surface area contributed by atoms with E-state index >= 15 is 0 Å². The Kier molecular flexibility index (Phi) is 6.68. The number of hydrazone groups is 2. The average Bonchev–Trinajstić information content (AvgIpc) is 2.05. The Morgan fingerprint density at radius 3 is 2.64 bits per heavy atom. The highest BCUT2D eigenvalue weighted by Crippen LogP contribution is 1.94. The quantitative estimate of drug-likeness (QED) is 0.426. The van der Waals surface area contributed by atoms with Crippen LogP contribution >= 0.6 is 0 Å². The summed E-state index contributed by atoms with van der Waals surface area (Å²) in [5.41, 5.74) is 0. The monoisotopic (exact) mass is 155 g/mol. The third-order valence-corrected chi connectivity index (χ3v) is 1.27. The molecule has 0 saturated carbocycles. The summed E-state index contributed by atoms with van der Waals surface area (Å²) in [7, 11) is 0. The maximum absolute atomic E-state index is 4.08. The summed E-state index contributed by atoms with van der Waals surface area (Å²) >= 11 is 0.